The molecule has 5 heteroatoms. The summed E-state index contributed by atoms with van der Waals surface area (Å²) in [6.45, 7) is 2.24. The number of fused-ring (bicyclic) bond motifs is 2. The lowest BCUT2D eigenvalue weighted by molar-refractivity contribution is -0.120. The predicted molar refractivity (Wildman–Crippen MR) is 103 cm³/mol. The Hall–Kier alpha value is -3.34. The number of benzene rings is 2. The molecule has 0 aliphatic heterocycles. The van der Waals surface area contributed by atoms with E-state index in [1.54, 1.807) is 6.92 Å². The van der Waals surface area contributed by atoms with Crippen LogP contribution in [0.5, 0.6) is 0 Å². The lowest BCUT2D eigenvalue weighted by Crippen LogP contribution is -2.24. The van der Waals surface area contributed by atoms with Crippen LogP contribution in [0.15, 0.2) is 59.5 Å². The molecule has 0 saturated carbocycles. The van der Waals surface area contributed by atoms with Crippen molar-refractivity contribution in [1.82, 2.24) is 15.3 Å². The second-order valence-corrected chi connectivity index (χ2v) is 6.52. The topological polar surface area (TPSA) is 77.8 Å². The highest BCUT2D eigenvalue weighted by Gasteiger charge is 2.08. The number of aromatic amines is 2. The van der Waals surface area contributed by atoms with Gasteiger partial charge in [-0.3, -0.25) is 9.59 Å². The normalized spacial score (nSPS) is 11.1. The van der Waals surface area contributed by atoms with Crippen LogP contribution in [0, 0.1) is 6.92 Å². The molecule has 0 fully saturated rings. The third-order valence-corrected chi connectivity index (χ3v) is 4.61. The van der Waals surface area contributed by atoms with Gasteiger partial charge < -0.3 is 15.3 Å². The Kier molecular flexibility index (Phi) is 4.05. The number of carbonyl (C=O) groups is 1. The molecule has 5 nitrogen and oxygen atoms in total. The second kappa shape index (κ2) is 6.52. The van der Waals surface area contributed by atoms with Crippen LogP contribution in [0.2, 0.25) is 0 Å². The van der Waals surface area contributed by atoms with Crippen molar-refractivity contribution in [3.63, 3.8) is 0 Å². The van der Waals surface area contributed by atoms with Crippen molar-refractivity contribution in [2.75, 3.05) is 0 Å². The highest BCUT2D eigenvalue weighted by Crippen LogP contribution is 2.18. The van der Waals surface area contributed by atoms with Gasteiger partial charge in [0.15, 0.2) is 0 Å². The number of rotatable bonds is 4. The standard InChI is InChI=1S/C21H19N3O2/c1-13-8-15-9-14(6-7-18(15)24-21(13)26)11-23-20(25)10-16-12-22-19-5-3-2-4-17(16)19/h2-9,12,22H,10-11H2,1H3,(H,23,25)(H,24,26). The molecule has 0 radical (unpaired) electrons. The van der Waals surface area contributed by atoms with E-state index in [-0.39, 0.29) is 11.5 Å². The summed E-state index contributed by atoms with van der Waals surface area (Å²) in [6, 6.07) is 15.6. The summed E-state index contributed by atoms with van der Waals surface area (Å²) in [6.07, 6.45) is 2.23. The first-order valence-corrected chi connectivity index (χ1v) is 8.54. The fourth-order valence-corrected chi connectivity index (χ4v) is 3.19. The van der Waals surface area contributed by atoms with Crippen LogP contribution < -0.4 is 10.9 Å². The molecule has 2 aromatic carbocycles. The quantitative estimate of drug-likeness (QED) is 0.531. The minimum Gasteiger partial charge on any atom is -0.361 e. The zero-order valence-electron chi connectivity index (χ0n) is 14.4. The van der Waals surface area contributed by atoms with Gasteiger partial charge in [-0.25, -0.2) is 0 Å². The molecule has 2 heterocycles. The van der Waals surface area contributed by atoms with Crippen LogP contribution >= 0.6 is 0 Å². The molecule has 0 aliphatic carbocycles. The zero-order valence-corrected chi connectivity index (χ0v) is 14.4. The van der Waals surface area contributed by atoms with Crippen LogP contribution in [0.3, 0.4) is 0 Å². The van der Waals surface area contributed by atoms with E-state index in [0.29, 0.717) is 18.5 Å². The van der Waals surface area contributed by atoms with Gasteiger partial charge in [-0.1, -0.05) is 24.3 Å². The minimum atomic E-state index is -0.0720. The number of aryl methyl sites for hydroxylation is 1. The van der Waals surface area contributed by atoms with Crippen LogP contribution in [0.1, 0.15) is 16.7 Å². The van der Waals surface area contributed by atoms with Crippen molar-refractivity contribution in [3.05, 3.63) is 81.8 Å². The fourth-order valence-electron chi connectivity index (χ4n) is 3.19. The number of aromatic nitrogens is 2. The van der Waals surface area contributed by atoms with E-state index < -0.39 is 0 Å². The van der Waals surface area contributed by atoms with Crippen molar-refractivity contribution >= 4 is 27.7 Å². The second-order valence-electron chi connectivity index (χ2n) is 6.52. The number of nitrogens with one attached hydrogen (secondary N) is 3. The van der Waals surface area contributed by atoms with Crippen molar-refractivity contribution in [1.29, 1.82) is 0 Å². The van der Waals surface area contributed by atoms with Crippen molar-refractivity contribution < 1.29 is 4.79 Å². The van der Waals surface area contributed by atoms with E-state index in [1.165, 1.54) is 0 Å². The number of amides is 1. The highest BCUT2D eigenvalue weighted by atomic mass is 16.1. The summed E-state index contributed by atoms with van der Waals surface area (Å²) < 4.78 is 0. The lowest BCUT2D eigenvalue weighted by Gasteiger charge is -2.07. The summed E-state index contributed by atoms with van der Waals surface area (Å²) in [5.41, 5.74) is 4.43. The summed E-state index contributed by atoms with van der Waals surface area (Å²) in [5.74, 6) is -0.0208. The molecule has 2 aromatic heterocycles. The number of para-hydroxylation sites is 1. The first kappa shape index (κ1) is 16.1. The Labute approximate surface area is 150 Å². The average molecular weight is 345 g/mol. The van der Waals surface area contributed by atoms with Gasteiger partial charge >= 0.3 is 0 Å². The van der Waals surface area contributed by atoms with Crippen molar-refractivity contribution in [3.8, 4) is 0 Å². The lowest BCUT2D eigenvalue weighted by atomic mass is 10.1. The van der Waals surface area contributed by atoms with Gasteiger partial charge in [-0.05, 0) is 47.7 Å². The number of hydrogen-bond donors (Lipinski definition) is 3. The van der Waals surface area contributed by atoms with E-state index in [1.807, 2.05) is 54.7 Å². The van der Waals surface area contributed by atoms with Crippen molar-refractivity contribution in [2.24, 2.45) is 0 Å². The first-order chi connectivity index (χ1) is 12.6. The largest absolute Gasteiger partial charge is 0.361 e. The van der Waals surface area contributed by atoms with E-state index >= 15 is 0 Å². The van der Waals surface area contributed by atoms with Crippen molar-refractivity contribution in [2.45, 2.75) is 19.9 Å². The maximum absolute atomic E-state index is 12.3. The molecule has 0 bridgehead atoms. The van der Waals surface area contributed by atoms with Gasteiger partial charge in [-0.15, -0.1) is 0 Å². The SMILES string of the molecule is Cc1cc2cc(CNC(=O)Cc3c[nH]c4ccccc34)ccc2[nH]c1=O. The third kappa shape index (κ3) is 3.11. The monoisotopic (exact) mass is 345 g/mol. The molecule has 3 N–H and O–H groups in total. The Morgan fingerprint density at radius 2 is 1.92 bits per heavy atom. The predicted octanol–water partition coefficient (Wildman–Crippen LogP) is 3.18. The summed E-state index contributed by atoms with van der Waals surface area (Å²) in [7, 11) is 0. The van der Waals surface area contributed by atoms with Crippen LogP contribution in [-0.2, 0) is 17.8 Å². The molecule has 0 atom stereocenters. The first-order valence-electron chi connectivity index (χ1n) is 8.54. The van der Waals surface area contributed by atoms with Crippen LogP contribution in [0.25, 0.3) is 21.8 Å². The van der Waals surface area contributed by atoms with Gasteiger partial charge in [0.1, 0.15) is 0 Å². The average Bonchev–Trinajstić information content (AvgIpc) is 3.04. The van der Waals surface area contributed by atoms with Gasteiger partial charge in [0, 0.05) is 34.7 Å². The van der Waals surface area contributed by atoms with E-state index in [4.69, 9.17) is 0 Å². The fraction of sp³-hybridized carbons (Fsp3) is 0.143. The molecule has 0 aliphatic rings. The number of H-pyrrole nitrogens is 2. The van der Waals surface area contributed by atoms with E-state index in [9.17, 15) is 9.59 Å². The Balaban J connectivity index is 1.46. The smallest absolute Gasteiger partial charge is 0.251 e. The molecule has 4 aromatic rings. The summed E-state index contributed by atoms with van der Waals surface area (Å²) >= 11 is 0. The molecule has 4 rings (SSSR count). The maximum Gasteiger partial charge on any atom is 0.251 e. The summed E-state index contributed by atoms with van der Waals surface area (Å²) in [5, 5.41) is 5.01. The molecule has 0 unspecified atom stereocenters. The van der Waals surface area contributed by atoms with Gasteiger partial charge in [0.05, 0.1) is 6.42 Å². The molecular formula is C21H19N3O2. The molecule has 1 amide bonds. The van der Waals surface area contributed by atoms with Gasteiger partial charge in [-0.2, -0.15) is 0 Å². The summed E-state index contributed by atoms with van der Waals surface area (Å²) in [4.78, 5) is 30.0. The Morgan fingerprint density at radius 1 is 1.08 bits per heavy atom. The minimum absolute atomic E-state index is 0.0208. The molecular weight excluding hydrogens is 326 g/mol. The molecule has 0 spiro atoms. The maximum atomic E-state index is 12.3. The number of hydrogen-bond acceptors (Lipinski definition) is 2. The highest BCUT2D eigenvalue weighted by molar-refractivity contribution is 5.89. The van der Waals surface area contributed by atoms with Crippen LogP contribution in [0.4, 0.5) is 0 Å². The van der Waals surface area contributed by atoms with Crippen LogP contribution in [-0.4, -0.2) is 15.9 Å². The zero-order chi connectivity index (χ0) is 18.1. The number of carbonyl (C=O) groups excluding carboxylic acids is 1. The van der Waals surface area contributed by atoms with Gasteiger partial charge in [0.25, 0.3) is 5.56 Å². The van der Waals surface area contributed by atoms with Gasteiger partial charge in [0.2, 0.25) is 5.91 Å². The molecule has 26 heavy (non-hydrogen) atoms. The van der Waals surface area contributed by atoms with E-state index in [2.05, 4.69) is 15.3 Å². The molecule has 130 valence electrons. The third-order valence-electron chi connectivity index (χ3n) is 4.61. The number of pyridine rings is 1. The Morgan fingerprint density at radius 3 is 2.81 bits per heavy atom. The Bertz CT molecular complexity index is 1170. The molecule has 0 saturated heterocycles. The van der Waals surface area contributed by atoms with E-state index in [0.717, 1.165) is 32.9 Å².